The van der Waals surface area contributed by atoms with Gasteiger partial charge in [0.1, 0.15) is 12.6 Å². The number of likely N-dealkylation sites (tertiary alicyclic amines) is 1. The van der Waals surface area contributed by atoms with Gasteiger partial charge in [-0.1, -0.05) is 67.1 Å². The monoisotopic (exact) mass is 350 g/mol. The van der Waals surface area contributed by atoms with Crippen molar-refractivity contribution in [2.24, 2.45) is 0 Å². The lowest BCUT2D eigenvalue weighted by Gasteiger charge is -2.37. The Kier molecular flexibility index (Phi) is 6.03. The van der Waals surface area contributed by atoms with Gasteiger partial charge in [-0.25, -0.2) is 0 Å². The number of quaternary nitrogens is 2. The van der Waals surface area contributed by atoms with Crippen LogP contribution in [0.3, 0.4) is 0 Å². The van der Waals surface area contributed by atoms with E-state index < -0.39 is 0 Å². The molecule has 2 aromatic carbocycles. The number of rotatable bonds is 5. The van der Waals surface area contributed by atoms with Gasteiger partial charge < -0.3 is 10.2 Å². The van der Waals surface area contributed by atoms with Crippen molar-refractivity contribution in [3.05, 3.63) is 71.8 Å². The topological polar surface area (TPSA) is 21.1 Å². The Labute approximate surface area is 158 Å². The fourth-order valence-electron chi connectivity index (χ4n) is 5.15. The standard InChI is InChI=1S/C24H32N2/c1-4-10-20(11-5-1)18-26-17-16-24(25-22-14-8-3-9-15-22)23(19-26)21-12-6-2-7-13-21/h1-2,4-7,10-13,22-25H,3,8-9,14-19H2/p+2/t23-,24+/m0/s1. The molecule has 2 nitrogen and oxygen atoms in total. The van der Waals surface area contributed by atoms with Gasteiger partial charge in [-0.05, 0) is 31.2 Å². The first-order valence-corrected chi connectivity index (χ1v) is 10.7. The fraction of sp³-hybridized carbons (Fsp3) is 0.500. The summed E-state index contributed by atoms with van der Waals surface area (Å²) in [5.41, 5.74) is 3.03. The van der Waals surface area contributed by atoms with Gasteiger partial charge in [0.25, 0.3) is 0 Å². The molecule has 0 radical (unpaired) electrons. The average molecular weight is 351 g/mol. The predicted molar refractivity (Wildman–Crippen MR) is 107 cm³/mol. The van der Waals surface area contributed by atoms with E-state index in [0.29, 0.717) is 5.92 Å². The summed E-state index contributed by atoms with van der Waals surface area (Å²) >= 11 is 0. The first-order chi connectivity index (χ1) is 12.9. The summed E-state index contributed by atoms with van der Waals surface area (Å²) in [5, 5.41) is 2.77. The molecular weight excluding hydrogens is 316 g/mol. The Hall–Kier alpha value is -1.64. The highest BCUT2D eigenvalue weighted by molar-refractivity contribution is 5.21. The summed E-state index contributed by atoms with van der Waals surface area (Å²) < 4.78 is 0. The second kappa shape index (κ2) is 8.83. The molecular formula is C24H34N2+2. The largest absolute Gasteiger partial charge is 0.341 e. The van der Waals surface area contributed by atoms with E-state index in [1.54, 1.807) is 10.5 Å². The van der Waals surface area contributed by atoms with Gasteiger partial charge in [-0.15, -0.1) is 0 Å². The van der Waals surface area contributed by atoms with Crippen molar-refractivity contribution in [3.63, 3.8) is 0 Å². The Balaban J connectivity index is 1.46. The third-order valence-corrected chi connectivity index (χ3v) is 6.55. The third-order valence-electron chi connectivity index (χ3n) is 6.55. The molecule has 26 heavy (non-hydrogen) atoms. The number of hydrogen-bond acceptors (Lipinski definition) is 0. The molecule has 1 aliphatic carbocycles. The van der Waals surface area contributed by atoms with Crippen LogP contribution in [-0.2, 0) is 6.54 Å². The molecule has 4 rings (SSSR count). The zero-order valence-electron chi connectivity index (χ0n) is 15.9. The van der Waals surface area contributed by atoms with Crippen molar-refractivity contribution in [1.82, 2.24) is 0 Å². The van der Waals surface area contributed by atoms with E-state index in [-0.39, 0.29) is 0 Å². The Morgan fingerprint density at radius 2 is 1.50 bits per heavy atom. The molecule has 1 saturated heterocycles. The molecule has 0 spiro atoms. The third kappa shape index (κ3) is 4.55. The van der Waals surface area contributed by atoms with Crippen LogP contribution in [0.2, 0.25) is 0 Å². The summed E-state index contributed by atoms with van der Waals surface area (Å²) in [6.07, 6.45) is 8.53. The highest BCUT2D eigenvalue weighted by Gasteiger charge is 2.37. The highest BCUT2D eigenvalue weighted by Crippen LogP contribution is 2.22. The number of hydrogen-bond donors (Lipinski definition) is 2. The van der Waals surface area contributed by atoms with Crippen LogP contribution in [0, 0.1) is 0 Å². The lowest BCUT2D eigenvalue weighted by Crippen LogP contribution is -3.15. The molecule has 1 aliphatic heterocycles. The van der Waals surface area contributed by atoms with Gasteiger partial charge in [0, 0.05) is 12.0 Å². The maximum absolute atomic E-state index is 2.77. The van der Waals surface area contributed by atoms with Crippen LogP contribution >= 0.6 is 0 Å². The molecule has 1 saturated carbocycles. The molecule has 2 aliphatic rings. The SMILES string of the molecule is c1ccc(C[NH+]2CC[C@@H]([NH2+]C3CCCCC3)[C@H](c3ccccc3)C2)cc1. The van der Waals surface area contributed by atoms with Crippen molar-refractivity contribution < 1.29 is 10.2 Å². The summed E-state index contributed by atoms with van der Waals surface area (Å²) in [5.74, 6) is 0.686. The molecule has 138 valence electrons. The van der Waals surface area contributed by atoms with Gasteiger partial charge >= 0.3 is 0 Å². The fourth-order valence-corrected chi connectivity index (χ4v) is 5.15. The molecule has 2 aromatic rings. The summed E-state index contributed by atoms with van der Waals surface area (Å²) in [4.78, 5) is 1.75. The Bertz CT molecular complexity index is 648. The maximum Gasteiger partial charge on any atom is 0.104 e. The quantitative estimate of drug-likeness (QED) is 0.827. The number of nitrogens with two attached hydrogens (primary N) is 1. The van der Waals surface area contributed by atoms with E-state index in [1.807, 2.05) is 0 Å². The normalized spacial score (nSPS) is 27.3. The lowest BCUT2D eigenvalue weighted by molar-refractivity contribution is -0.929. The van der Waals surface area contributed by atoms with Gasteiger partial charge in [0.15, 0.2) is 0 Å². The van der Waals surface area contributed by atoms with Crippen molar-refractivity contribution in [2.45, 2.75) is 63.1 Å². The van der Waals surface area contributed by atoms with E-state index in [0.717, 1.165) is 12.1 Å². The van der Waals surface area contributed by atoms with Crippen LogP contribution in [0.5, 0.6) is 0 Å². The molecule has 3 N–H and O–H groups in total. The van der Waals surface area contributed by atoms with Crippen LogP contribution in [0.25, 0.3) is 0 Å². The second-order valence-electron chi connectivity index (χ2n) is 8.43. The molecule has 2 fully saturated rings. The van der Waals surface area contributed by atoms with E-state index in [9.17, 15) is 0 Å². The zero-order valence-corrected chi connectivity index (χ0v) is 15.9. The Morgan fingerprint density at radius 3 is 2.23 bits per heavy atom. The van der Waals surface area contributed by atoms with E-state index in [1.165, 1.54) is 63.7 Å². The summed E-state index contributed by atoms with van der Waals surface area (Å²) in [6, 6.07) is 24.0. The smallest absolute Gasteiger partial charge is 0.104 e. The Morgan fingerprint density at radius 1 is 0.808 bits per heavy atom. The predicted octanol–water partition coefficient (Wildman–Crippen LogP) is 2.52. The second-order valence-corrected chi connectivity index (χ2v) is 8.43. The van der Waals surface area contributed by atoms with E-state index in [2.05, 4.69) is 66.0 Å². The van der Waals surface area contributed by atoms with E-state index in [4.69, 9.17) is 0 Å². The molecule has 3 atom stereocenters. The summed E-state index contributed by atoms with van der Waals surface area (Å²) in [6.45, 7) is 3.75. The van der Waals surface area contributed by atoms with Crippen molar-refractivity contribution in [1.29, 1.82) is 0 Å². The minimum Gasteiger partial charge on any atom is -0.341 e. The molecule has 1 unspecified atom stereocenters. The van der Waals surface area contributed by atoms with Gasteiger partial charge in [-0.2, -0.15) is 0 Å². The molecule has 0 amide bonds. The first-order valence-electron chi connectivity index (χ1n) is 10.7. The van der Waals surface area contributed by atoms with Crippen LogP contribution in [-0.4, -0.2) is 25.2 Å². The van der Waals surface area contributed by atoms with Crippen LogP contribution in [0.4, 0.5) is 0 Å². The lowest BCUT2D eigenvalue weighted by atomic mass is 9.84. The minimum atomic E-state index is 0.686. The van der Waals surface area contributed by atoms with Crippen molar-refractivity contribution >= 4 is 0 Å². The maximum atomic E-state index is 2.77. The highest BCUT2D eigenvalue weighted by atomic mass is 15.2. The van der Waals surface area contributed by atoms with Gasteiger partial charge in [-0.3, -0.25) is 0 Å². The molecule has 0 bridgehead atoms. The van der Waals surface area contributed by atoms with Crippen molar-refractivity contribution in [3.8, 4) is 0 Å². The molecule has 2 heteroatoms. The number of benzene rings is 2. The van der Waals surface area contributed by atoms with Crippen LogP contribution in [0.1, 0.15) is 55.6 Å². The number of nitrogens with one attached hydrogen (secondary N) is 1. The first kappa shape index (κ1) is 17.8. The molecule has 1 heterocycles. The van der Waals surface area contributed by atoms with E-state index >= 15 is 0 Å². The van der Waals surface area contributed by atoms with Crippen LogP contribution < -0.4 is 10.2 Å². The minimum absolute atomic E-state index is 0.686. The zero-order chi connectivity index (χ0) is 17.6. The number of piperidine rings is 1. The molecule has 0 aromatic heterocycles. The van der Waals surface area contributed by atoms with Crippen LogP contribution in [0.15, 0.2) is 60.7 Å². The van der Waals surface area contributed by atoms with Crippen molar-refractivity contribution in [2.75, 3.05) is 13.1 Å². The van der Waals surface area contributed by atoms with Gasteiger partial charge in [0.05, 0.1) is 25.0 Å². The van der Waals surface area contributed by atoms with Gasteiger partial charge in [0.2, 0.25) is 0 Å². The average Bonchev–Trinajstić information content (AvgIpc) is 2.71. The summed E-state index contributed by atoms with van der Waals surface area (Å²) in [7, 11) is 0.